The highest BCUT2D eigenvalue weighted by atomic mass is 32.3. The molecule has 1 aliphatic rings. The van der Waals surface area contributed by atoms with Crippen LogP contribution in [0.2, 0.25) is 0 Å². The molecule has 0 aromatic carbocycles. The van der Waals surface area contributed by atoms with Gasteiger partial charge in [-0.15, -0.1) is 8.42 Å². The van der Waals surface area contributed by atoms with Gasteiger partial charge in [0, 0.05) is 0 Å². The number of hydrogen-bond donors (Lipinski definition) is 0. The number of ether oxygens (including phenoxy) is 1. The molecule has 0 radical (unpaired) electrons. The summed E-state index contributed by atoms with van der Waals surface area (Å²) in [5.74, 6) is -0.0686. The maximum absolute atomic E-state index is 10.8. The van der Waals surface area contributed by atoms with Gasteiger partial charge >= 0.3 is 16.3 Å². The molecule has 5 nitrogen and oxygen atoms in total. The van der Waals surface area contributed by atoms with Gasteiger partial charge in [-0.25, -0.2) is 0 Å². The summed E-state index contributed by atoms with van der Waals surface area (Å²) in [5, 5.41) is 0. The van der Waals surface area contributed by atoms with Crippen molar-refractivity contribution in [3.05, 3.63) is 12.2 Å². The van der Waals surface area contributed by atoms with Gasteiger partial charge in [0.2, 0.25) is 0 Å². The molecule has 0 saturated heterocycles. The molecule has 0 aromatic rings. The van der Waals surface area contributed by atoms with Crippen LogP contribution in [0.1, 0.15) is 71.1 Å². The highest BCUT2D eigenvalue weighted by Gasteiger charge is 2.24. The van der Waals surface area contributed by atoms with Crippen molar-refractivity contribution in [3.8, 4) is 0 Å². The highest BCUT2D eigenvalue weighted by Crippen LogP contribution is 2.17. The average Bonchev–Trinajstić information content (AvgIpc) is 2.75. The van der Waals surface area contributed by atoms with Crippen LogP contribution in [0.15, 0.2) is 12.2 Å². The lowest BCUT2D eigenvalue weighted by molar-refractivity contribution is 0.112. The Kier molecular flexibility index (Phi) is 8.49. The molecule has 0 saturated carbocycles. The van der Waals surface area contributed by atoms with E-state index in [0.717, 1.165) is 19.1 Å². The van der Waals surface area contributed by atoms with E-state index in [1.54, 1.807) is 0 Å². The summed E-state index contributed by atoms with van der Waals surface area (Å²) in [4.78, 5) is 0. The second kappa shape index (κ2) is 9.91. The molecule has 0 aliphatic carbocycles. The molecule has 0 amide bonds. The van der Waals surface area contributed by atoms with Crippen molar-refractivity contribution in [2.45, 2.75) is 71.1 Å². The third-order valence-corrected chi connectivity index (χ3v) is 3.89. The van der Waals surface area contributed by atoms with E-state index in [0.29, 0.717) is 6.61 Å². The number of unbranched alkanes of at least 4 members (excludes halogenated alkanes) is 9. The Labute approximate surface area is 122 Å². The van der Waals surface area contributed by atoms with Gasteiger partial charge in [-0.05, 0) is 6.42 Å². The normalized spacial score (nSPS) is 16.4. The lowest BCUT2D eigenvalue weighted by atomic mass is 10.1. The van der Waals surface area contributed by atoms with E-state index in [1.165, 1.54) is 51.4 Å². The van der Waals surface area contributed by atoms with Crippen LogP contribution in [0, 0.1) is 0 Å². The summed E-state index contributed by atoms with van der Waals surface area (Å²) in [6.07, 6.45) is 13.5. The zero-order chi connectivity index (χ0) is 14.7. The standard InChI is InChI=1S/C14H26O5S/c1-2-3-4-5-6-7-8-9-10-11-12-17-14-13-18-20(15,16)19-14/h13H,2-12H2,1H3. The topological polar surface area (TPSA) is 61.8 Å². The molecule has 0 unspecified atom stereocenters. The van der Waals surface area contributed by atoms with E-state index in [9.17, 15) is 8.42 Å². The quantitative estimate of drug-likeness (QED) is 0.510. The summed E-state index contributed by atoms with van der Waals surface area (Å²) in [6, 6.07) is 0. The van der Waals surface area contributed by atoms with Crippen LogP contribution in [-0.4, -0.2) is 15.0 Å². The van der Waals surface area contributed by atoms with Crippen molar-refractivity contribution >= 4 is 10.4 Å². The SMILES string of the molecule is CCCCCCCCCCCCOC1=COS(=O)(=O)O1. The maximum atomic E-state index is 10.8. The van der Waals surface area contributed by atoms with Crippen molar-refractivity contribution < 1.29 is 21.5 Å². The fourth-order valence-corrected chi connectivity index (χ4v) is 2.58. The molecule has 1 heterocycles. The summed E-state index contributed by atoms with van der Waals surface area (Å²) < 4.78 is 35.4. The van der Waals surface area contributed by atoms with Gasteiger partial charge in [0.15, 0.2) is 6.26 Å². The van der Waals surface area contributed by atoms with Crippen LogP contribution in [0.3, 0.4) is 0 Å². The van der Waals surface area contributed by atoms with E-state index in [1.807, 2.05) is 0 Å². The molecule has 0 aromatic heterocycles. The van der Waals surface area contributed by atoms with Crippen LogP contribution in [-0.2, 0) is 23.5 Å². The van der Waals surface area contributed by atoms with Gasteiger partial charge in [0.1, 0.15) is 0 Å². The summed E-state index contributed by atoms with van der Waals surface area (Å²) >= 11 is 0. The zero-order valence-corrected chi connectivity index (χ0v) is 13.1. The van der Waals surface area contributed by atoms with Crippen LogP contribution in [0.4, 0.5) is 0 Å². The first kappa shape index (κ1) is 17.1. The maximum Gasteiger partial charge on any atom is 0.503 e. The Balaban J connectivity index is 1.81. The van der Waals surface area contributed by atoms with Gasteiger partial charge in [-0.2, -0.15) is 0 Å². The molecule has 118 valence electrons. The van der Waals surface area contributed by atoms with Gasteiger partial charge < -0.3 is 13.1 Å². The van der Waals surface area contributed by atoms with E-state index >= 15 is 0 Å². The molecule has 0 atom stereocenters. The first-order valence-electron chi connectivity index (χ1n) is 7.60. The zero-order valence-electron chi connectivity index (χ0n) is 12.3. The molecule has 0 spiro atoms. The van der Waals surface area contributed by atoms with Gasteiger partial charge in [0.25, 0.3) is 0 Å². The summed E-state index contributed by atoms with van der Waals surface area (Å²) in [6.45, 7) is 2.69. The van der Waals surface area contributed by atoms with Crippen LogP contribution in [0.25, 0.3) is 0 Å². The Morgan fingerprint density at radius 2 is 1.50 bits per heavy atom. The minimum absolute atomic E-state index is 0.0686. The molecule has 6 heteroatoms. The fraction of sp³-hybridized carbons (Fsp3) is 0.857. The number of hydrogen-bond acceptors (Lipinski definition) is 5. The fourth-order valence-electron chi connectivity index (χ4n) is 2.06. The molecular weight excluding hydrogens is 280 g/mol. The molecular formula is C14H26O5S. The van der Waals surface area contributed by atoms with Crippen molar-refractivity contribution in [1.29, 1.82) is 0 Å². The predicted octanol–water partition coefficient (Wildman–Crippen LogP) is 4.01. The van der Waals surface area contributed by atoms with E-state index in [2.05, 4.69) is 15.3 Å². The Bertz CT molecular complexity index is 375. The second-order valence-electron chi connectivity index (χ2n) is 5.06. The molecule has 1 aliphatic heterocycles. The largest absolute Gasteiger partial charge is 0.503 e. The Morgan fingerprint density at radius 3 is 2.00 bits per heavy atom. The third kappa shape index (κ3) is 8.30. The van der Waals surface area contributed by atoms with Crippen molar-refractivity contribution in [1.82, 2.24) is 0 Å². The molecule has 0 N–H and O–H groups in total. The molecule has 1 rings (SSSR count). The Morgan fingerprint density at radius 1 is 0.950 bits per heavy atom. The van der Waals surface area contributed by atoms with E-state index in [-0.39, 0.29) is 5.95 Å². The second-order valence-corrected chi connectivity index (χ2v) is 6.23. The lowest BCUT2D eigenvalue weighted by Gasteiger charge is -2.04. The molecule has 0 fully saturated rings. The average molecular weight is 306 g/mol. The predicted molar refractivity (Wildman–Crippen MR) is 77.0 cm³/mol. The van der Waals surface area contributed by atoms with E-state index in [4.69, 9.17) is 4.74 Å². The van der Waals surface area contributed by atoms with Crippen LogP contribution >= 0.6 is 0 Å². The molecule has 0 bridgehead atoms. The first-order valence-corrected chi connectivity index (χ1v) is 8.93. The molecule has 20 heavy (non-hydrogen) atoms. The monoisotopic (exact) mass is 306 g/mol. The highest BCUT2D eigenvalue weighted by molar-refractivity contribution is 7.82. The van der Waals surface area contributed by atoms with Crippen LogP contribution < -0.4 is 0 Å². The lowest BCUT2D eigenvalue weighted by Crippen LogP contribution is -2.01. The summed E-state index contributed by atoms with van der Waals surface area (Å²) in [5.41, 5.74) is 0. The number of rotatable bonds is 12. The van der Waals surface area contributed by atoms with Crippen molar-refractivity contribution in [2.24, 2.45) is 0 Å². The van der Waals surface area contributed by atoms with Crippen molar-refractivity contribution in [2.75, 3.05) is 6.61 Å². The van der Waals surface area contributed by atoms with Crippen LogP contribution in [0.5, 0.6) is 0 Å². The minimum Gasteiger partial charge on any atom is -0.462 e. The Hall–Kier alpha value is -0.910. The smallest absolute Gasteiger partial charge is 0.462 e. The third-order valence-electron chi connectivity index (χ3n) is 3.19. The van der Waals surface area contributed by atoms with E-state index < -0.39 is 10.4 Å². The minimum atomic E-state index is -3.88. The van der Waals surface area contributed by atoms with Gasteiger partial charge in [-0.1, -0.05) is 64.7 Å². The first-order chi connectivity index (χ1) is 9.64. The summed E-state index contributed by atoms with van der Waals surface area (Å²) in [7, 11) is -3.88. The van der Waals surface area contributed by atoms with Gasteiger partial charge in [0.05, 0.1) is 6.61 Å². The van der Waals surface area contributed by atoms with Gasteiger partial charge in [-0.3, -0.25) is 0 Å². The van der Waals surface area contributed by atoms with Crippen molar-refractivity contribution in [3.63, 3.8) is 0 Å².